The second-order valence-electron chi connectivity index (χ2n) is 1.11. The van der Waals surface area contributed by atoms with Crippen molar-refractivity contribution in [1.82, 2.24) is 9.78 Å². The highest BCUT2D eigenvalue weighted by Crippen LogP contribution is 1.77. The van der Waals surface area contributed by atoms with Crippen LogP contribution >= 0.6 is 0 Å². The topological polar surface area (TPSA) is 17.8 Å². The van der Waals surface area contributed by atoms with Gasteiger partial charge < -0.3 is 0 Å². The molecule has 1 rings (SSSR count). The number of rotatable bonds is 1. The Hall–Kier alpha value is -1.05. The lowest BCUT2D eigenvalue weighted by molar-refractivity contribution is 0.859. The Balaban J connectivity index is 2.96. The highest BCUT2D eigenvalue weighted by molar-refractivity contribution is 4.80. The van der Waals surface area contributed by atoms with Gasteiger partial charge in [-0.2, -0.15) is 5.10 Å². The van der Waals surface area contributed by atoms with Crippen molar-refractivity contribution in [2.75, 3.05) is 0 Å². The standard InChI is InChI=1S/C5H5N2/c1-2-7-5-3-4-6-7/h3-5H,1H2. The molecule has 1 radical (unpaired) electrons. The molecule has 0 aliphatic heterocycles. The zero-order valence-corrected chi connectivity index (χ0v) is 3.83. The molecule has 0 saturated heterocycles. The van der Waals surface area contributed by atoms with Crippen molar-refractivity contribution in [3.8, 4) is 0 Å². The second-order valence-corrected chi connectivity index (χ2v) is 1.11. The summed E-state index contributed by atoms with van der Waals surface area (Å²) in [6.45, 7) is 3.38. The minimum Gasteiger partial charge on any atom is -0.239 e. The normalized spacial score (nSPS) is 8.57. The summed E-state index contributed by atoms with van der Waals surface area (Å²) in [5.41, 5.74) is 0. The van der Waals surface area contributed by atoms with Gasteiger partial charge in [-0.15, -0.1) is 0 Å². The molecule has 0 spiro atoms. The summed E-state index contributed by atoms with van der Waals surface area (Å²) in [6, 6.07) is 1.82. The van der Waals surface area contributed by atoms with E-state index in [0.717, 1.165) is 0 Å². The molecule has 0 bridgehead atoms. The fraction of sp³-hybridized carbons (Fsp3) is 0. The number of nitrogens with zero attached hydrogens (tertiary/aromatic N) is 2. The lowest BCUT2D eigenvalue weighted by Gasteiger charge is -1.79. The molecule has 35 valence electrons. The number of hydrogen-bond acceptors (Lipinski definition) is 1. The van der Waals surface area contributed by atoms with Crippen molar-refractivity contribution in [3.05, 3.63) is 31.2 Å². The van der Waals surface area contributed by atoms with Gasteiger partial charge >= 0.3 is 0 Å². The van der Waals surface area contributed by atoms with Crippen LogP contribution in [0.1, 0.15) is 0 Å². The molecule has 2 heteroatoms. The average molecular weight is 93.1 g/mol. The third-order valence-electron chi connectivity index (χ3n) is 0.666. The molecule has 0 amide bonds. The maximum Gasteiger partial charge on any atom is 0.0824 e. The summed E-state index contributed by atoms with van der Waals surface area (Å²) in [4.78, 5) is 0. The van der Waals surface area contributed by atoms with Gasteiger partial charge in [-0.1, -0.05) is 6.58 Å². The Morgan fingerprint density at radius 1 is 1.71 bits per heavy atom. The first-order valence-electron chi connectivity index (χ1n) is 1.96. The van der Waals surface area contributed by atoms with E-state index in [1.165, 1.54) is 4.68 Å². The van der Waals surface area contributed by atoms with E-state index < -0.39 is 0 Å². The first-order chi connectivity index (χ1) is 3.43. The number of hydrogen-bond donors (Lipinski definition) is 0. The Kier molecular flexibility index (Phi) is 0.941. The van der Waals surface area contributed by atoms with E-state index >= 15 is 0 Å². The van der Waals surface area contributed by atoms with Gasteiger partial charge in [-0.25, -0.2) is 4.68 Å². The van der Waals surface area contributed by atoms with Crippen molar-refractivity contribution in [3.63, 3.8) is 0 Å². The average Bonchev–Trinajstić information content (AvgIpc) is 2.14. The highest BCUT2D eigenvalue weighted by atomic mass is 15.2. The molecule has 0 aliphatic carbocycles. The molecule has 1 aromatic rings. The van der Waals surface area contributed by atoms with Crippen LogP contribution in [0.5, 0.6) is 0 Å². The van der Waals surface area contributed by atoms with E-state index in [-0.39, 0.29) is 0 Å². The smallest absolute Gasteiger partial charge is 0.0824 e. The fourth-order valence-electron chi connectivity index (χ4n) is 0.362. The number of aromatic nitrogens is 2. The van der Waals surface area contributed by atoms with Crippen molar-refractivity contribution < 1.29 is 0 Å². The fourth-order valence-corrected chi connectivity index (χ4v) is 0.362. The Morgan fingerprint density at radius 2 is 2.57 bits per heavy atom. The van der Waals surface area contributed by atoms with Gasteiger partial charge in [0.1, 0.15) is 0 Å². The Labute approximate surface area is 42.1 Å². The van der Waals surface area contributed by atoms with Gasteiger partial charge in [0.25, 0.3) is 0 Å². The van der Waals surface area contributed by atoms with E-state index in [0.29, 0.717) is 0 Å². The largest absolute Gasteiger partial charge is 0.239 e. The van der Waals surface area contributed by atoms with Crippen molar-refractivity contribution >= 4 is 0 Å². The van der Waals surface area contributed by atoms with Crippen molar-refractivity contribution in [1.29, 1.82) is 0 Å². The van der Waals surface area contributed by atoms with E-state index in [1.54, 1.807) is 12.4 Å². The van der Waals surface area contributed by atoms with E-state index in [2.05, 4.69) is 17.9 Å². The summed E-state index contributed by atoms with van der Waals surface area (Å²) in [5.74, 6) is 0. The van der Waals surface area contributed by atoms with Crippen LogP contribution in [0.3, 0.4) is 0 Å². The van der Waals surface area contributed by atoms with Gasteiger partial charge in [-0.3, -0.25) is 0 Å². The van der Waals surface area contributed by atoms with Crippen LogP contribution < -0.4 is 0 Å². The van der Waals surface area contributed by atoms with Gasteiger partial charge in [0, 0.05) is 12.4 Å². The van der Waals surface area contributed by atoms with E-state index in [9.17, 15) is 0 Å². The maximum atomic E-state index is 3.78. The minimum atomic E-state index is 1.51. The summed E-state index contributed by atoms with van der Waals surface area (Å²) < 4.78 is 1.51. The molecule has 0 aliphatic rings. The molecule has 0 unspecified atom stereocenters. The lowest BCUT2D eigenvalue weighted by atomic mass is 10.7. The summed E-state index contributed by atoms with van der Waals surface area (Å²) in [5, 5.41) is 3.78. The van der Waals surface area contributed by atoms with Crippen molar-refractivity contribution in [2.45, 2.75) is 0 Å². The maximum absolute atomic E-state index is 3.78. The third-order valence-corrected chi connectivity index (χ3v) is 0.666. The van der Waals surface area contributed by atoms with Gasteiger partial charge in [0.2, 0.25) is 0 Å². The molecular formula is C5H5N2. The van der Waals surface area contributed by atoms with Crippen LogP contribution in [0.15, 0.2) is 25.0 Å². The van der Waals surface area contributed by atoms with E-state index in [1.807, 2.05) is 6.07 Å². The van der Waals surface area contributed by atoms with Gasteiger partial charge in [0.15, 0.2) is 0 Å². The van der Waals surface area contributed by atoms with Crippen LogP contribution in [0, 0.1) is 6.20 Å². The SMILES string of the molecule is C=[C]n1cccn1. The Morgan fingerprint density at radius 3 is 2.86 bits per heavy atom. The molecule has 1 aromatic heterocycles. The van der Waals surface area contributed by atoms with Crippen LogP contribution in [-0.2, 0) is 0 Å². The quantitative estimate of drug-likeness (QED) is 0.499. The first kappa shape index (κ1) is 4.12. The van der Waals surface area contributed by atoms with Crippen molar-refractivity contribution in [2.24, 2.45) is 0 Å². The lowest BCUT2D eigenvalue weighted by Crippen LogP contribution is -1.83. The highest BCUT2D eigenvalue weighted by Gasteiger charge is 1.74. The molecule has 0 N–H and O–H groups in total. The van der Waals surface area contributed by atoms with Crippen LogP contribution in [-0.4, -0.2) is 9.78 Å². The predicted octanol–water partition coefficient (Wildman–Crippen LogP) is 0.678. The van der Waals surface area contributed by atoms with Crippen LogP contribution in [0.25, 0.3) is 0 Å². The summed E-state index contributed by atoms with van der Waals surface area (Å²) >= 11 is 0. The molecule has 7 heavy (non-hydrogen) atoms. The monoisotopic (exact) mass is 93.0 g/mol. The predicted molar refractivity (Wildman–Crippen MR) is 26.5 cm³/mol. The molecule has 2 nitrogen and oxygen atoms in total. The van der Waals surface area contributed by atoms with Crippen LogP contribution in [0.2, 0.25) is 0 Å². The van der Waals surface area contributed by atoms with Crippen LogP contribution in [0.4, 0.5) is 0 Å². The summed E-state index contributed by atoms with van der Waals surface area (Å²) in [6.07, 6.45) is 6.01. The van der Waals surface area contributed by atoms with Gasteiger partial charge in [0.05, 0.1) is 6.20 Å². The minimum absolute atomic E-state index is 1.51. The molecular weight excluding hydrogens is 88.1 g/mol. The van der Waals surface area contributed by atoms with E-state index in [4.69, 9.17) is 0 Å². The second kappa shape index (κ2) is 1.60. The molecule has 0 fully saturated rings. The molecule has 1 heterocycles. The third kappa shape index (κ3) is 0.682. The summed E-state index contributed by atoms with van der Waals surface area (Å²) in [7, 11) is 0. The molecule has 0 aromatic carbocycles. The molecule has 0 atom stereocenters. The zero-order chi connectivity index (χ0) is 5.11. The zero-order valence-electron chi connectivity index (χ0n) is 3.83. The van der Waals surface area contributed by atoms with Gasteiger partial charge in [-0.05, 0) is 6.07 Å². The first-order valence-corrected chi connectivity index (χ1v) is 1.96. The Bertz CT molecular complexity index is 141. The molecule has 0 saturated carbocycles.